The van der Waals surface area contributed by atoms with Gasteiger partial charge < -0.3 is 33.2 Å². The lowest BCUT2D eigenvalue weighted by atomic mass is 9.94. The second-order valence-electron chi connectivity index (χ2n) is 9.45. The van der Waals surface area contributed by atoms with Gasteiger partial charge in [-0.2, -0.15) is 0 Å². The summed E-state index contributed by atoms with van der Waals surface area (Å²) in [5.74, 6) is -2.75. The number of hydrogen-bond donors (Lipinski definition) is 0. The number of morpholine rings is 1. The van der Waals surface area contributed by atoms with Crippen LogP contribution in [0.1, 0.15) is 46.8 Å². The molecule has 2 aliphatic heterocycles. The van der Waals surface area contributed by atoms with Gasteiger partial charge in [-0.15, -0.1) is 0 Å². The number of ether oxygens (including phenoxy) is 7. The summed E-state index contributed by atoms with van der Waals surface area (Å²) in [5.41, 5.74) is 2.71. The zero-order valence-electron chi connectivity index (χ0n) is 24.2. The number of carbonyl (C=O) groups excluding carboxylic acids is 4. The second kappa shape index (κ2) is 15.2. The molecule has 41 heavy (non-hydrogen) atoms. The van der Waals surface area contributed by atoms with Gasteiger partial charge in [-0.3, -0.25) is 9.69 Å². The van der Waals surface area contributed by atoms with Crippen molar-refractivity contribution in [3.05, 3.63) is 45.7 Å². The number of fused-ring (bicyclic) bond motifs is 1. The molecule has 0 radical (unpaired) electrons. The third-order valence-corrected chi connectivity index (χ3v) is 6.83. The highest BCUT2D eigenvalue weighted by atomic mass is 16.6. The van der Waals surface area contributed by atoms with Crippen molar-refractivity contribution in [3.8, 4) is 11.5 Å². The van der Waals surface area contributed by atoms with Crippen LogP contribution in [0.25, 0.3) is 0 Å². The van der Waals surface area contributed by atoms with Gasteiger partial charge in [0.1, 0.15) is 30.3 Å². The van der Waals surface area contributed by atoms with E-state index in [1.165, 1.54) is 7.11 Å². The van der Waals surface area contributed by atoms with Crippen LogP contribution in [0, 0.1) is 6.92 Å². The van der Waals surface area contributed by atoms with Gasteiger partial charge in [-0.25, -0.2) is 14.4 Å². The predicted molar refractivity (Wildman–Crippen MR) is 145 cm³/mol. The fraction of sp³-hybridized carbons (Fsp3) is 0.517. The Morgan fingerprint density at radius 2 is 1.76 bits per heavy atom. The van der Waals surface area contributed by atoms with Crippen molar-refractivity contribution < 1.29 is 52.3 Å². The van der Waals surface area contributed by atoms with Crippen molar-refractivity contribution in [1.82, 2.24) is 4.90 Å². The Hall–Kier alpha value is -3.90. The van der Waals surface area contributed by atoms with E-state index in [0.717, 1.165) is 39.0 Å². The van der Waals surface area contributed by atoms with E-state index in [1.807, 2.05) is 13.0 Å². The molecular formula is C29H37NO11. The van der Waals surface area contributed by atoms with Gasteiger partial charge in [0, 0.05) is 37.2 Å². The summed E-state index contributed by atoms with van der Waals surface area (Å²) < 4.78 is 36.9. The summed E-state index contributed by atoms with van der Waals surface area (Å²) in [6.45, 7) is 7.70. The number of carbonyl (C=O) groups is 4. The van der Waals surface area contributed by atoms with Gasteiger partial charge >= 0.3 is 23.9 Å². The first-order chi connectivity index (χ1) is 19.7. The molecule has 3 rings (SSSR count). The predicted octanol–water partition coefficient (Wildman–Crippen LogP) is 2.43. The number of hydrogen-bond acceptors (Lipinski definition) is 12. The van der Waals surface area contributed by atoms with E-state index in [2.05, 4.69) is 9.64 Å². The van der Waals surface area contributed by atoms with E-state index in [1.54, 1.807) is 6.92 Å². The number of rotatable bonds is 13. The van der Waals surface area contributed by atoms with Crippen molar-refractivity contribution in [2.24, 2.45) is 0 Å². The van der Waals surface area contributed by atoms with Crippen molar-refractivity contribution in [1.29, 1.82) is 0 Å². The van der Waals surface area contributed by atoms with Crippen LogP contribution in [0.2, 0.25) is 0 Å². The smallest absolute Gasteiger partial charge is 0.374 e. The summed E-state index contributed by atoms with van der Waals surface area (Å²) in [7, 11) is 3.76. The first-order valence-corrected chi connectivity index (χ1v) is 13.3. The number of allylic oxidation sites excluding steroid dienone is 2. The molecule has 2 aliphatic rings. The Bertz CT molecular complexity index is 1210. The van der Waals surface area contributed by atoms with Crippen LogP contribution in [0.15, 0.2) is 23.5 Å². The molecule has 0 atom stereocenters. The molecule has 0 bridgehead atoms. The Kier molecular flexibility index (Phi) is 11.7. The molecule has 0 unspecified atom stereocenters. The summed E-state index contributed by atoms with van der Waals surface area (Å²) in [4.78, 5) is 51.6. The fourth-order valence-electron chi connectivity index (χ4n) is 4.49. The maximum absolute atomic E-state index is 12.7. The van der Waals surface area contributed by atoms with Gasteiger partial charge in [-0.05, 0) is 32.3 Å². The minimum atomic E-state index is -0.945. The van der Waals surface area contributed by atoms with Crippen LogP contribution in [0.3, 0.4) is 0 Å². The normalized spacial score (nSPS) is 15.6. The Morgan fingerprint density at radius 1 is 1.02 bits per heavy atom. The minimum absolute atomic E-state index is 0.00376. The Morgan fingerprint density at radius 3 is 2.41 bits per heavy atom. The third-order valence-electron chi connectivity index (χ3n) is 6.83. The average Bonchev–Trinajstić information content (AvgIpc) is 3.37. The van der Waals surface area contributed by atoms with E-state index < -0.39 is 23.7 Å². The molecular weight excluding hydrogens is 538 g/mol. The van der Waals surface area contributed by atoms with E-state index in [0.29, 0.717) is 55.2 Å². The van der Waals surface area contributed by atoms with Crippen LogP contribution >= 0.6 is 0 Å². The van der Waals surface area contributed by atoms with Gasteiger partial charge in [0.2, 0.25) is 5.76 Å². The van der Waals surface area contributed by atoms with E-state index >= 15 is 0 Å². The van der Waals surface area contributed by atoms with Crippen molar-refractivity contribution in [3.63, 3.8) is 0 Å². The fourth-order valence-corrected chi connectivity index (χ4v) is 4.49. The largest absolute Gasteiger partial charge is 0.496 e. The van der Waals surface area contributed by atoms with Crippen molar-refractivity contribution >= 4 is 23.9 Å². The average molecular weight is 576 g/mol. The molecule has 224 valence electrons. The van der Waals surface area contributed by atoms with Crippen LogP contribution in [-0.2, 0) is 51.1 Å². The highest BCUT2D eigenvalue weighted by Crippen LogP contribution is 2.43. The zero-order chi connectivity index (χ0) is 29.9. The zero-order valence-corrected chi connectivity index (χ0v) is 24.2. The number of esters is 4. The van der Waals surface area contributed by atoms with E-state index in [9.17, 15) is 19.2 Å². The number of cyclic esters (lactones) is 1. The first kappa shape index (κ1) is 31.6. The first-order valence-electron chi connectivity index (χ1n) is 13.3. The lowest BCUT2D eigenvalue weighted by molar-refractivity contribution is -0.144. The molecule has 1 fully saturated rings. The molecule has 0 aliphatic carbocycles. The standard InChI is InChI=1S/C29H37NO11/c1-18(7-9-23(31)39-15-12-30-10-13-38-14-11-30)6-8-20-26(36-4)19(2)21-17-40-29(34)25(21)27(20)41-22(28(33)37-5)16-24(32)35-3/h6,16H,7-15,17H2,1-5H3. The maximum Gasteiger partial charge on any atom is 0.374 e. The molecule has 1 saturated heterocycles. The molecule has 2 heterocycles. The van der Waals surface area contributed by atoms with E-state index in [-0.39, 0.29) is 36.7 Å². The maximum atomic E-state index is 12.7. The van der Waals surface area contributed by atoms with Crippen LogP contribution in [0.4, 0.5) is 0 Å². The Labute approximate surface area is 239 Å². The topological polar surface area (TPSA) is 136 Å². The van der Waals surface area contributed by atoms with Crippen molar-refractivity contribution in [2.45, 2.75) is 39.7 Å². The van der Waals surface area contributed by atoms with Gasteiger partial charge in [0.05, 0.1) is 40.6 Å². The molecule has 0 saturated carbocycles. The molecule has 0 aromatic heterocycles. The molecule has 0 spiro atoms. The monoisotopic (exact) mass is 575 g/mol. The lowest BCUT2D eigenvalue weighted by Crippen LogP contribution is -2.38. The summed E-state index contributed by atoms with van der Waals surface area (Å²) in [6.07, 6.45) is 3.59. The molecule has 12 nitrogen and oxygen atoms in total. The molecule has 12 heteroatoms. The quantitative estimate of drug-likeness (QED) is 0.112. The molecule has 1 aromatic rings. The molecule has 0 N–H and O–H groups in total. The summed E-state index contributed by atoms with van der Waals surface area (Å²) >= 11 is 0. The van der Waals surface area contributed by atoms with Gasteiger partial charge in [-0.1, -0.05) is 11.6 Å². The second-order valence-corrected chi connectivity index (χ2v) is 9.45. The van der Waals surface area contributed by atoms with E-state index in [4.69, 9.17) is 28.4 Å². The summed E-state index contributed by atoms with van der Waals surface area (Å²) in [5, 5.41) is 0. The highest BCUT2D eigenvalue weighted by molar-refractivity contribution is 5.99. The lowest BCUT2D eigenvalue weighted by Gasteiger charge is -2.26. The third kappa shape index (κ3) is 8.30. The SMILES string of the molecule is COC(=O)C=C(Oc1c(CC=C(C)CCC(=O)OCCN2CCOCC2)c(OC)c(C)c2c1C(=O)OC2)C(=O)OC. The minimum Gasteiger partial charge on any atom is -0.496 e. The molecule has 0 amide bonds. The van der Waals surface area contributed by atoms with Crippen molar-refractivity contribution in [2.75, 3.05) is 60.8 Å². The number of methoxy groups -OCH3 is 3. The summed E-state index contributed by atoms with van der Waals surface area (Å²) in [6, 6.07) is 0. The van der Waals surface area contributed by atoms with Crippen LogP contribution < -0.4 is 9.47 Å². The Balaban J connectivity index is 1.80. The number of benzene rings is 1. The number of nitrogens with zero attached hydrogens (tertiary/aromatic N) is 1. The van der Waals surface area contributed by atoms with Gasteiger partial charge in [0.25, 0.3) is 0 Å². The molecule has 1 aromatic carbocycles. The van der Waals surface area contributed by atoms with Crippen LogP contribution in [0.5, 0.6) is 11.5 Å². The van der Waals surface area contributed by atoms with Gasteiger partial charge in [0.15, 0.2) is 0 Å². The van der Waals surface area contributed by atoms with Crippen LogP contribution in [-0.4, -0.2) is 89.6 Å². The highest BCUT2D eigenvalue weighted by Gasteiger charge is 2.34.